The molecule has 2 rings (SSSR count). The maximum atomic E-state index is 8.55. The lowest BCUT2D eigenvalue weighted by Gasteiger charge is -1.95. The minimum Gasteiger partial charge on any atom is -0.198 e. The zero-order chi connectivity index (χ0) is 11.9. The fourth-order valence-corrected chi connectivity index (χ4v) is 1.38. The minimum absolute atomic E-state index is 0.427. The van der Waals surface area contributed by atoms with Gasteiger partial charge in [-0.3, -0.25) is 0 Å². The highest BCUT2D eigenvalue weighted by Crippen LogP contribution is 2.18. The molecule has 0 aliphatic rings. The summed E-state index contributed by atoms with van der Waals surface area (Å²) in [5.41, 5.74) is 2.61. The van der Waals surface area contributed by atoms with Gasteiger partial charge in [-0.25, -0.2) is 0 Å². The Kier molecular flexibility index (Phi) is 3.61. The number of nitriles is 1. The lowest BCUT2D eigenvalue weighted by Crippen LogP contribution is -1.78. The summed E-state index contributed by atoms with van der Waals surface area (Å²) in [7, 11) is 0. The summed E-state index contributed by atoms with van der Waals surface area (Å²) in [5, 5.41) is 16.8. The molecule has 0 unspecified atom stereocenters. The van der Waals surface area contributed by atoms with Crippen LogP contribution in [-0.4, -0.2) is 0 Å². The van der Waals surface area contributed by atoms with E-state index in [0.29, 0.717) is 6.42 Å². The molecule has 0 saturated heterocycles. The van der Waals surface area contributed by atoms with Crippen LogP contribution in [0.1, 0.15) is 5.56 Å². The number of rotatable bonds is 3. The van der Waals surface area contributed by atoms with E-state index in [1.165, 1.54) is 0 Å². The van der Waals surface area contributed by atoms with Gasteiger partial charge in [-0.2, -0.15) is 15.5 Å². The maximum absolute atomic E-state index is 8.55. The van der Waals surface area contributed by atoms with Crippen LogP contribution in [0.3, 0.4) is 0 Å². The molecule has 0 radical (unpaired) electrons. The van der Waals surface area contributed by atoms with Crippen LogP contribution >= 0.6 is 0 Å². The van der Waals surface area contributed by atoms with Gasteiger partial charge in [0.25, 0.3) is 0 Å². The van der Waals surface area contributed by atoms with Gasteiger partial charge >= 0.3 is 0 Å². The van der Waals surface area contributed by atoms with E-state index >= 15 is 0 Å². The van der Waals surface area contributed by atoms with Crippen LogP contribution in [0.25, 0.3) is 0 Å². The first-order valence-corrected chi connectivity index (χ1v) is 5.31. The van der Waals surface area contributed by atoms with Crippen LogP contribution in [0, 0.1) is 11.3 Å². The molecule has 2 aromatic carbocycles. The summed E-state index contributed by atoms with van der Waals surface area (Å²) in [4.78, 5) is 0. The molecule has 0 aromatic heterocycles. The van der Waals surface area contributed by atoms with Gasteiger partial charge in [0, 0.05) is 0 Å². The molecule has 2 aromatic rings. The number of benzene rings is 2. The van der Waals surface area contributed by atoms with Crippen molar-refractivity contribution in [3.63, 3.8) is 0 Å². The molecule has 82 valence electrons. The fourth-order valence-electron chi connectivity index (χ4n) is 1.38. The summed E-state index contributed by atoms with van der Waals surface area (Å²) < 4.78 is 0. The van der Waals surface area contributed by atoms with E-state index in [0.717, 1.165) is 16.9 Å². The van der Waals surface area contributed by atoms with Gasteiger partial charge in [-0.05, 0) is 29.8 Å². The molecular formula is C14H11N3. The molecule has 0 aliphatic heterocycles. The van der Waals surface area contributed by atoms with E-state index in [-0.39, 0.29) is 0 Å². The normalized spacial score (nSPS) is 10.3. The minimum atomic E-state index is 0.427. The smallest absolute Gasteiger partial charge is 0.0857 e. The SMILES string of the molecule is N#CCc1ccc(/N=N/c2ccccc2)cc1. The predicted molar refractivity (Wildman–Crippen MR) is 66.4 cm³/mol. The van der Waals surface area contributed by atoms with Gasteiger partial charge in [-0.15, -0.1) is 0 Å². The molecule has 3 heteroatoms. The zero-order valence-corrected chi connectivity index (χ0v) is 9.24. The molecular weight excluding hydrogens is 210 g/mol. The van der Waals surface area contributed by atoms with Gasteiger partial charge in [-0.1, -0.05) is 30.3 Å². The summed E-state index contributed by atoms with van der Waals surface area (Å²) in [5.74, 6) is 0. The molecule has 0 atom stereocenters. The standard InChI is InChI=1S/C14H11N3/c15-11-10-12-6-8-14(9-7-12)17-16-13-4-2-1-3-5-13/h1-9H,10H2/b17-16+. The lowest BCUT2D eigenvalue weighted by atomic mass is 10.1. The second-order valence-corrected chi connectivity index (χ2v) is 3.54. The largest absolute Gasteiger partial charge is 0.198 e. The highest BCUT2D eigenvalue weighted by atomic mass is 15.1. The Bertz CT molecular complexity index is 536. The average Bonchev–Trinajstić information content (AvgIpc) is 2.40. The first-order chi connectivity index (χ1) is 8.38. The van der Waals surface area contributed by atoms with Crippen LogP contribution in [0.2, 0.25) is 0 Å². The Balaban J connectivity index is 2.09. The molecule has 3 nitrogen and oxygen atoms in total. The molecule has 0 heterocycles. The Morgan fingerprint density at radius 2 is 1.41 bits per heavy atom. The summed E-state index contributed by atoms with van der Waals surface area (Å²) in [6.45, 7) is 0. The number of azo groups is 1. The molecule has 0 saturated carbocycles. The molecule has 0 bridgehead atoms. The van der Waals surface area contributed by atoms with Gasteiger partial charge in [0.15, 0.2) is 0 Å². The first kappa shape index (κ1) is 11.0. The van der Waals surface area contributed by atoms with Gasteiger partial charge in [0.1, 0.15) is 0 Å². The van der Waals surface area contributed by atoms with Crippen LogP contribution in [0.4, 0.5) is 11.4 Å². The van der Waals surface area contributed by atoms with Crippen molar-refractivity contribution in [2.24, 2.45) is 10.2 Å². The second-order valence-electron chi connectivity index (χ2n) is 3.54. The van der Waals surface area contributed by atoms with E-state index in [9.17, 15) is 0 Å². The van der Waals surface area contributed by atoms with Crippen LogP contribution < -0.4 is 0 Å². The number of hydrogen-bond acceptors (Lipinski definition) is 3. The van der Waals surface area contributed by atoms with Crippen LogP contribution in [0.15, 0.2) is 64.8 Å². The molecule has 0 N–H and O–H groups in total. The molecule has 0 amide bonds. The van der Waals surface area contributed by atoms with Crippen LogP contribution in [0.5, 0.6) is 0 Å². The summed E-state index contributed by atoms with van der Waals surface area (Å²) in [6, 6.07) is 19.2. The monoisotopic (exact) mass is 221 g/mol. The number of hydrogen-bond donors (Lipinski definition) is 0. The third kappa shape index (κ3) is 3.25. The number of nitrogens with zero attached hydrogens (tertiary/aromatic N) is 3. The van der Waals surface area contributed by atoms with Crippen molar-refractivity contribution in [1.29, 1.82) is 5.26 Å². The lowest BCUT2D eigenvalue weighted by molar-refractivity contribution is 1.21. The average molecular weight is 221 g/mol. The Morgan fingerprint density at radius 3 is 2.00 bits per heavy atom. The maximum Gasteiger partial charge on any atom is 0.0857 e. The van der Waals surface area contributed by atoms with Crippen molar-refractivity contribution in [3.8, 4) is 6.07 Å². The molecule has 0 aliphatic carbocycles. The Labute approximate surface area is 100 Å². The van der Waals surface area contributed by atoms with Crippen molar-refractivity contribution in [2.45, 2.75) is 6.42 Å². The Hall–Kier alpha value is -2.47. The van der Waals surface area contributed by atoms with Crippen molar-refractivity contribution in [3.05, 3.63) is 60.2 Å². The fraction of sp³-hybridized carbons (Fsp3) is 0.0714. The zero-order valence-electron chi connectivity index (χ0n) is 9.24. The van der Waals surface area contributed by atoms with E-state index in [2.05, 4.69) is 16.3 Å². The highest BCUT2D eigenvalue weighted by Gasteiger charge is 1.92. The summed E-state index contributed by atoms with van der Waals surface area (Å²) >= 11 is 0. The van der Waals surface area contributed by atoms with Crippen LogP contribution in [-0.2, 0) is 6.42 Å². The second kappa shape index (κ2) is 5.57. The van der Waals surface area contributed by atoms with Gasteiger partial charge in [0.05, 0.1) is 23.9 Å². The predicted octanol–water partition coefficient (Wildman–Crippen LogP) is 4.17. The van der Waals surface area contributed by atoms with Crippen molar-refractivity contribution in [1.82, 2.24) is 0 Å². The molecule has 17 heavy (non-hydrogen) atoms. The molecule has 0 fully saturated rings. The van der Waals surface area contributed by atoms with E-state index in [1.807, 2.05) is 54.6 Å². The third-order valence-corrected chi connectivity index (χ3v) is 2.26. The van der Waals surface area contributed by atoms with Crippen molar-refractivity contribution < 1.29 is 0 Å². The highest BCUT2D eigenvalue weighted by molar-refractivity contribution is 5.41. The van der Waals surface area contributed by atoms with E-state index in [4.69, 9.17) is 5.26 Å². The third-order valence-electron chi connectivity index (χ3n) is 2.26. The summed E-state index contributed by atoms with van der Waals surface area (Å²) in [6.07, 6.45) is 0.427. The van der Waals surface area contributed by atoms with Crippen molar-refractivity contribution >= 4 is 11.4 Å². The molecule has 0 spiro atoms. The van der Waals surface area contributed by atoms with E-state index < -0.39 is 0 Å². The van der Waals surface area contributed by atoms with E-state index in [1.54, 1.807) is 0 Å². The van der Waals surface area contributed by atoms with Gasteiger partial charge in [0.2, 0.25) is 0 Å². The Morgan fingerprint density at radius 1 is 0.824 bits per heavy atom. The quantitative estimate of drug-likeness (QED) is 0.717. The van der Waals surface area contributed by atoms with Gasteiger partial charge < -0.3 is 0 Å². The topological polar surface area (TPSA) is 48.5 Å². The van der Waals surface area contributed by atoms with Crippen molar-refractivity contribution in [2.75, 3.05) is 0 Å². The first-order valence-electron chi connectivity index (χ1n) is 5.31.